The van der Waals surface area contributed by atoms with Crippen molar-refractivity contribution in [3.63, 3.8) is 0 Å². The molecule has 2 rings (SSSR count). The third-order valence-electron chi connectivity index (χ3n) is 3.59. The first-order chi connectivity index (χ1) is 9.73. The zero-order chi connectivity index (χ0) is 15.7. The average molecular weight is 293 g/mol. The van der Waals surface area contributed by atoms with E-state index in [1.807, 2.05) is 0 Å². The zero-order valence-electron chi connectivity index (χ0n) is 12.8. The van der Waals surface area contributed by atoms with Gasteiger partial charge in [0.05, 0.1) is 0 Å². The van der Waals surface area contributed by atoms with Gasteiger partial charge in [-0.1, -0.05) is 6.07 Å². The van der Waals surface area contributed by atoms with E-state index >= 15 is 0 Å². The van der Waals surface area contributed by atoms with Gasteiger partial charge < -0.3 is 14.9 Å². The molecule has 1 fully saturated rings. The van der Waals surface area contributed by atoms with E-state index in [4.69, 9.17) is 4.74 Å². The van der Waals surface area contributed by atoms with Gasteiger partial charge in [0, 0.05) is 18.4 Å². The number of nitrogens with one attached hydrogen (secondary N) is 1. The molecular weight excluding hydrogens is 270 g/mol. The molecule has 0 aliphatic heterocycles. The number of carbonyl (C=O) groups excluding carboxylic acids is 1. The fraction of sp³-hybridized carbons (Fsp3) is 0.562. The van der Waals surface area contributed by atoms with E-state index in [0.29, 0.717) is 12.1 Å². The van der Waals surface area contributed by atoms with E-state index in [2.05, 4.69) is 5.32 Å². The first-order valence-corrected chi connectivity index (χ1v) is 7.16. The molecule has 1 aliphatic rings. The minimum Gasteiger partial charge on any atom is -0.508 e. The molecule has 1 saturated carbocycles. The highest BCUT2D eigenvalue weighted by Gasteiger charge is 2.42. The Kier molecular flexibility index (Phi) is 4.14. The maximum absolute atomic E-state index is 11.7. The van der Waals surface area contributed by atoms with Gasteiger partial charge in [-0.15, -0.1) is 0 Å². The van der Waals surface area contributed by atoms with E-state index in [-0.39, 0.29) is 17.8 Å². The summed E-state index contributed by atoms with van der Waals surface area (Å²) in [5, 5.41) is 22.0. The third-order valence-corrected chi connectivity index (χ3v) is 3.59. The lowest BCUT2D eigenvalue weighted by molar-refractivity contribution is 0.0636. The number of aliphatic hydroxyl groups excluding tert-OH is 1. The fourth-order valence-corrected chi connectivity index (χ4v) is 2.18. The molecule has 1 amide bonds. The molecule has 0 saturated heterocycles. The monoisotopic (exact) mass is 293 g/mol. The molecule has 5 nitrogen and oxygen atoms in total. The first kappa shape index (κ1) is 15.6. The number of benzene rings is 1. The van der Waals surface area contributed by atoms with E-state index in [1.54, 1.807) is 32.9 Å². The number of aromatic hydroxyl groups is 1. The van der Waals surface area contributed by atoms with Crippen LogP contribution in [-0.2, 0) is 11.2 Å². The van der Waals surface area contributed by atoms with Gasteiger partial charge in [-0.05, 0) is 57.1 Å². The normalized spacial score (nSPS) is 16.4. The van der Waals surface area contributed by atoms with Crippen molar-refractivity contribution in [3.8, 4) is 5.75 Å². The number of amides is 1. The van der Waals surface area contributed by atoms with Crippen LogP contribution >= 0.6 is 0 Å². The van der Waals surface area contributed by atoms with Gasteiger partial charge in [0.15, 0.2) is 0 Å². The Labute approximate surface area is 124 Å². The number of carbonyl (C=O) groups is 1. The summed E-state index contributed by atoms with van der Waals surface area (Å²) in [6, 6.07) is 5.01. The van der Waals surface area contributed by atoms with Crippen LogP contribution in [0.25, 0.3) is 0 Å². The maximum Gasteiger partial charge on any atom is 0.412 e. The van der Waals surface area contributed by atoms with Gasteiger partial charge in [-0.2, -0.15) is 0 Å². The van der Waals surface area contributed by atoms with Gasteiger partial charge in [0.1, 0.15) is 11.4 Å². The van der Waals surface area contributed by atoms with Crippen molar-refractivity contribution >= 4 is 11.8 Å². The summed E-state index contributed by atoms with van der Waals surface area (Å²) in [4.78, 5) is 11.7. The van der Waals surface area contributed by atoms with Crippen LogP contribution < -0.4 is 5.32 Å². The number of aliphatic hydroxyl groups is 1. The smallest absolute Gasteiger partial charge is 0.412 e. The number of ether oxygens (including phenoxy) is 1. The van der Waals surface area contributed by atoms with Crippen molar-refractivity contribution in [1.82, 2.24) is 0 Å². The summed E-state index contributed by atoms with van der Waals surface area (Å²) >= 11 is 0. The predicted octanol–water partition coefficient (Wildman–Crippen LogP) is 3.05. The van der Waals surface area contributed by atoms with Gasteiger partial charge in [-0.25, -0.2) is 4.79 Å². The second-order valence-corrected chi connectivity index (χ2v) is 6.81. The Balaban J connectivity index is 2.00. The summed E-state index contributed by atoms with van der Waals surface area (Å²) in [5.41, 5.74) is 0.652. The lowest BCUT2D eigenvalue weighted by Crippen LogP contribution is -2.27. The molecule has 0 atom stereocenters. The molecule has 0 heterocycles. The summed E-state index contributed by atoms with van der Waals surface area (Å²) in [6.45, 7) is 5.51. The number of hydrogen-bond donors (Lipinski definition) is 3. The van der Waals surface area contributed by atoms with E-state index in [1.165, 1.54) is 6.07 Å². The number of rotatable bonds is 4. The molecule has 1 aliphatic carbocycles. The first-order valence-electron chi connectivity index (χ1n) is 7.16. The third kappa shape index (κ3) is 4.36. The van der Waals surface area contributed by atoms with Crippen molar-refractivity contribution in [3.05, 3.63) is 23.8 Å². The molecule has 0 bridgehead atoms. The average Bonchev–Trinajstić information content (AvgIpc) is 3.11. The number of hydrogen-bond acceptors (Lipinski definition) is 4. The molecule has 21 heavy (non-hydrogen) atoms. The van der Waals surface area contributed by atoms with Gasteiger partial charge in [-0.3, -0.25) is 5.32 Å². The second kappa shape index (κ2) is 5.56. The van der Waals surface area contributed by atoms with Crippen molar-refractivity contribution in [1.29, 1.82) is 0 Å². The Morgan fingerprint density at radius 3 is 2.52 bits per heavy atom. The minimum absolute atomic E-state index is 0.0579. The van der Waals surface area contributed by atoms with E-state index in [9.17, 15) is 15.0 Å². The van der Waals surface area contributed by atoms with Crippen molar-refractivity contribution in [2.24, 2.45) is 5.41 Å². The van der Waals surface area contributed by atoms with Crippen LogP contribution in [0.3, 0.4) is 0 Å². The molecule has 3 N–H and O–H groups in total. The Morgan fingerprint density at radius 2 is 2.05 bits per heavy atom. The maximum atomic E-state index is 11.7. The predicted molar refractivity (Wildman–Crippen MR) is 80.4 cm³/mol. The summed E-state index contributed by atoms with van der Waals surface area (Å²) in [5.74, 6) is 0.128. The Hall–Kier alpha value is -1.75. The molecule has 1 aromatic carbocycles. The minimum atomic E-state index is -0.564. The van der Waals surface area contributed by atoms with Crippen molar-refractivity contribution in [2.45, 2.75) is 45.6 Å². The van der Waals surface area contributed by atoms with Crippen LogP contribution in [0.4, 0.5) is 10.5 Å². The van der Waals surface area contributed by atoms with Crippen LogP contribution in [0, 0.1) is 5.41 Å². The molecule has 0 unspecified atom stereocenters. The SMILES string of the molecule is CC(C)(C)OC(=O)Nc1ccc(CC2(CO)CC2)c(O)c1. The number of phenolic OH excluding ortho intramolecular Hbond substituents is 1. The van der Waals surface area contributed by atoms with Crippen LogP contribution in [0.1, 0.15) is 39.2 Å². The molecule has 5 heteroatoms. The number of phenols is 1. The molecule has 0 spiro atoms. The Bertz CT molecular complexity index is 530. The van der Waals surface area contributed by atoms with E-state index < -0.39 is 11.7 Å². The fourth-order valence-electron chi connectivity index (χ4n) is 2.18. The van der Waals surface area contributed by atoms with Gasteiger partial charge in [0.25, 0.3) is 0 Å². The van der Waals surface area contributed by atoms with E-state index in [0.717, 1.165) is 18.4 Å². The summed E-state index contributed by atoms with van der Waals surface area (Å²) in [6.07, 6.45) is 2.08. The Morgan fingerprint density at radius 1 is 1.38 bits per heavy atom. The van der Waals surface area contributed by atoms with Gasteiger partial charge in [0.2, 0.25) is 0 Å². The van der Waals surface area contributed by atoms with Crippen LogP contribution in [0.2, 0.25) is 0 Å². The van der Waals surface area contributed by atoms with Crippen LogP contribution in [-0.4, -0.2) is 28.5 Å². The summed E-state index contributed by atoms with van der Waals surface area (Å²) in [7, 11) is 0. The molecule has 0 aromatic heterocycles. The highest BCUT2D eigenvalue weighted by molar-refractivity contribution is 5.85. The highest BCUT2D eigenvalue weighted by atomic mass is 16.6. The topological polar surface area (TPSA) is 78.8 Å². The standard InChI is InChI=1S/C16H23NO4/c1-15(2,3)21-14(20)17-12-5-4-11(13(19)8-12)9-16(10-18)6-7-16/h4-5,8,18-19H,6-7,9-10H2,1-3H3,(H,17,20). The molecular formula is C16H23NO4. The number of anilines is 1. The van der Waals surface area contributed by atoms with Crippen molar-refractivity contribution < 1.29 is 19.7 Å². The van der Waals surface area contributed by atoms with Crippen molar-refractivity contribution in [2.75, 3.05) is 11.9 Å². The second-order valence-electron chi connectivity index (χ2n) is 6.81. The molecule has 0 radical (unpaired) electrons. The van der Waals surface area contributed by atoms with Crippen LogP contribution in [0.15, 0.2) is 18.2 Å². The lowest BCUT2D eigenvalue weighted by Gasteiger charge is -2.20. The lowest BCUT2D eigenvalue weighted by atomic mass is 9.96. The molecule has 1 aromatic rings. The highest BCUT2D eigenvalue weighted by Crippen LogP contribution is 2.48. The largest absolute Gasteiger partial charge is 0.508 e. The summed E-state index contributed by atoms with van der Waals surface area (Å²) < 4.78 is 5.15. The van der Waals surface area contributed by atoms with Crippen LogP contribution in [0.5, 0.6) is 5.75 Å². The quantitative estimate of drug-likeness (QED) is 0.797. The van der Waals surface area contributed by atoms with Gasteiger partial charge >= 0.3 is 6.09 Å². The molecule has 116 valence electrons. The zero-order valence-corrected chi connectivity index (χ0v) is 12.8.